The number of nitrogens with one attached hydrogen (secondary N) is 3. The van der Waals surface area contributed by atoms with Crippen molar-refractivity contribution in [3.05, 3.63) is 47.3 Å². The fourth-order valence-corrected chi connectivity index (χ4v) is 8.70. The molecule has 6 atom stereocenters. The molecule has 2 aliphatic carbocycles. The van der Waals surface area contributed by atoms with Crippen molar-refractivity contribution in [3.8, 4) is 0 Å². The number of carbonyl (C=O) groups is 5. The van der Waals surface area contributed by atoms with Crippen LogP contribution in [0.5, 0.6) is 0 Å². The summed E-state index contributed by atoms with van der Waals surface area (Å²) in [6, 6.07) is 2.26. The van der Waals surface area contributed by atoms with E-state index < -0.39 is 92.2 Å². The van der Waals surface area contributed by atoms with Crippen LogP contribution in [0, 0.1) is 17.7 Å². The highest BCUT2D eigenvalue weighted by Gasteiger charge is 2.62. The van der Waals surface area contributed by atoms with E-state index >= 15 is 0 Å². The van der Waals surface area contributed by atoms with Crippen LogP contribution in [0.3, 0.4) is 0 Å². The van der Waals surface area contributed by atoms with Crippen molar-refractivity contribution in [1.29, 1.82) is 0 Å². The second-order valence-corrected chi connectivity index (χ2v) is 17.6. The van der Waals surface area contributed by atoms with Crippen LogP contribution in [0.2, 0.25) is 0 Å². The van der Waals surface area contributed by atoms with Gasteiger partial charge in [-0.1, -0.05) is 44.1 Å². The maximum Gasteiger partial charge on any atom is 0.410 e. The van der Waals surface area contributed by atoms with Gasteiger partial charge in [-0.3, -0.25) is 24.0 Å². The molecule has 1 saturated heterocycles. The van der Waals surface area contributed by atoms with Crippen LogP contribution in [0.1, 0.15) is 90.2 Å². The fourth-order valence-electron chi connectivity index (χ4n) is 7.34. The van der Waals surface area contributed by atoms with Gasteiger partial charge in [-0.2, -0.15) is 0 Å². The Kier molecular flexibility index (Phi) is 10.3. The number of rotatable bonds is 5. The molecule has 52 heavy (non-hydrogen) atoms. The molecule has 0 bridgehead atoms. The fraction of sp³-hybridized carbons (Fsp3) is 0.639. The molecule has 0 unspecified atom stereocenters. The molecule has 2 saturated carbocycles. The highest BCUT2D eigenvalue weighted by Crippen LogP contribution is 2.46. The zero-order valence-corrected chi connectivity index (χ0v) is 30.8. The number of fused-ring (bicyclic) bond motifs is 3. The predicted molar refractivity (Wildman–Crippen MR) is 185 cm³/mol. The third-order valence-electron chi connectivity index (χ3n) is 10.5. The summed E-state index contributed by atoms with van der Waals surface area (Å²) in [6.07, 6.45) is 5.17. The topological polar surface area (TPSA) is 181 Å². The smallest absolute Gasteiger partial charge is 0.410 e. The van der Waals surface area contributed by atoms with Crippen LogP contribution in [0.15, 0.2) is 30.4 Å². The summed E-state index contributed by atoms with van der Waals surface area (Å²) in [5, 5.41) is 4.83. The largest absolute Gasteiger partial charge is 0.444 e. The van der Waals surface area contributed by atoms with Gasteiger partial charge in [0.2, 0.25) is 21.8 Å². The highest BCUT2D eigenvalue weighted by atomic mass is 32.2. The molecule has 6 rings (SSSR count). The number of carbonyl (C=O) groups excluding carboxylic acids is 5. The van der Waals surface area contributed by atoms with Gasteiger partial charge in [0.1, 0.15) is 35.1 Å². The first-order chi connectivity index (χ1) is 24.5. The number of hydrogen-bond donors (Lipinski definition) is 3. The van der Waals surface area contributed by atoms with Crippen molar-refractivity contribution in [2.24, 2.45) is 11.8 Å². The maximum absolute atomic E-state index is 14.5. The first kappa shape index (κ1) is 37.5. The lowest BCUT2D eigenvalue weighted by Crippen LogP contribution is -2.59. The number of alkyl carbamates (subject to hydrolysis) is 1. The second kappa shape index (κ2) is 14.3. The standard InChI is InChI=1S/C36H48FN5O9S/c1-21-28(50-34(47)41-18-22-11-10-13-26(37)25(22)19-41)20-42-29(21)30(43)39-36(32(45)40-52(48,49)24-15-16-24)17-23(36)12-8-6-5-7-9-14-27(31(42)44)38-33(46)51-35(2,3)4/h8,10-13,21,23-24,27-29H,5-7,9,14-20H2,1-4H3,(H,38,46)(H,39,43)(H,40,45)/b12-8-/t21-,23-,27+,28+,29+,36-/m1/s1. The number of nitrogens with zero attached hydrogens (tertiary/aromatic N) is 2. The molecule has 5 aliphatic rings. The van der Waals surface area contributed by atoms with Gasteiger partial charge in [-0.15, -0.1) is 0 Å². The minimum atomic E-state index is -3.93. The van der Waals surface area contributed by atoms with E-state index in [2.05, 4.69) is 15.4 Å². The van der Waals surface area contributed by atoms with Gasteiger partial charge in [-0.25, -0.2) is 22.4 Å². The molecule has 5 amide bonds. The lowest BCUT2D eigenvalue weighted by Gasteiger charge is -2.31. The summed E-state index contributed by atoms with van der Waals surface area (Å²) in [7, 11) is -3.93. The van der Waals surface area contributed by atoms with Crippen molar-refractivity contribution in [2.75, 3.05) is 6.54 Å². The number of hydrogen-bond acceptors (Lipinski definition) is 9. The van der Waals surface area contributed by atoms with E-state index in [4.69, 9.17) is 9.47 Å². The SMILES string of the molecule is C[C@@H]1[C@@H](OC(=O)N2Cc3cccc(F)c3C2)CN2C(=O)[C@@H](NC(=O)OC(C)(C)C)CCCCC/C=C\[C@@H]3C[C@@]3(C(=O)NS(=O)(=O)C3CC3)NC(=O)[C@H]12. The molecule has 0 spiro atoms. The van der Waals surface area contributed by atoms with Crippen molar-refractivity contribution in [2.45, 2.75) is 127 Å². The predicted octanol–water partition coefficient (Wildman–Crippen LogP) is 3.39. The third-order valence-corrected chi connectivity index (χ3v) is 12.3. The van der Waals surface area contributed by atoms with Gasteiger partial charge in [0.15, 0.2) is 0 Å². The zero-order valence-electron chi connectivity index (χ0n) is 30.0. The van der Waals surface area contributed by atoms with Gasteiger partial charge in [0, 0.05) is 23.9 Å². The van der Waals surface area contributed by atoms with Gasteiger partial charge in [0.25, 0.3) is 5.91 Å². The van der Waals surface area contributed by atoms with E-state index in [9.17, 15) is 36.8 Å². The van der Waals surface area contributed by atoms with Crippen LogP contribution >= 0.6 is 0 Å². The Morgan fingerprint density at radius 1 is 1.06 bits per heavy atom. The van der Waals surface area contributed by atoms with Crippen molar-refractivity contribution < 1.29 is 46.3 Å². The third kappa shape index (κ3) is 8.06. The number of benzene rings is 1. The molecule has 1 aromatic carbocycles. The van der Waals surface area contributed by atoms with E-state index in [1.807, 2.05) is 12.2 Å². The molecule has 1 aromatic rings. The molecule has 0 aromatic heterocycles. The average Bonchev–Trinajstić information content (AvgIpc) is 3.95. The highest BCUT2D eigenvalue weighted by molar-refractivity contribution is 7.91. The monoisotopic (exact) mass is 745 g/mol. The second-order valence-electron chi connectivity index (χ2n) is 15.7. The maximum atomic E-state index is 14.5. The zero-order chi connectivity index (χ0) is 37.6. The molecule has 284 valence electrons. The Labute approximate surface area is 303 Å². The van der Waals surface area contributed by atoms with Gasteiger partial charge in [0.05, 0.1) is 18.3 Å². The molecule has 16 heteroatoms. The van der Waals surface area contributed by atoms with E-state index in [1.165, 1.54) is 15.9 Å². The van der Waals surface area contributed by atoms with Crippen molar-refractivity contribution >= 4 is 39.9 Å². The van der Waals surface area contributed by atoms with E-state index in [0.717, 1.165) is 12.8 Å². The van der Waals surface area contributed by atoms with Crippen LogP contribution < -0.4 is 15.4 Å². The Morgan fingerprint density at radius 3 is 2.50 bits per heavy atom. The summed E-state index contributed by atoms with van der Waals surface area (Å²) in [4.78, 5) is 71.5. The molecule has 3 aliphatic heterocycles. The summed E-state index contributed by atoms with van der Waals surface area (Å²) in [5.41, 5.74) is -1.38. The first-order valence-corrected chi connectivity index (χ1v) is 19.6. The quantitative estimate of drug-likeness (QED) is 0.381. The summed E-state index contributed by atoms with van der Waals surface area (Å²) >= 11 is 0. The van der Waals surface area contributed by atoms with Crippen LogP contribution in [0.4, 0.5) is 14.0 Å². The molecule has 3 N–H and O–H groups in total. The minimum Gasteiger partial charge on any atom is -0.444 e. The van der Waals surface area contributed by atoms with Crippen LogP contribution in [0.25, 0.3) is 0 Å². The van der Waals surface area contributed by atoms with Crippen molar-refractivity contribution in [3.63, 3.8) is 0 Å². The van der Waals surface area contributed by atoms with E-state index in [-0.39, 0.29) is 32.5 Å². The molecular formula is C36H48FN5O9S. The number of sulfonamides is 1. The molecule has 14 nitrogen and oxygen atoms in total. The minimum absolute atomic E-state index is 0.00726. The Balaban J connectivity index is 1.28. The van der Waals surface area contributed by atoms with E-state index in [1.54, 1.807) is 39.8 Å². The number of halogens is 1. The van der Waals surface area contributed by atoms with Crippen LogP contribution in [-0.4, -0.2) is 89.2 Å². The van der Waals surface area contributed by atoms with Gasteiger partial charge < -0.3 is 25.0 Å². The Morgan fingerprint density at radius 2 is 1.81 bits per heavy atom. The van der Waals surface area contributed by atoms with Gasteiger partial charge in [-0.05, 0) is 70.9 Å². The Bertz CT molecular complexity index is 1760. The lowest BCUT2D eigenvalue weighted by atomic mass is 9.98. The van der Waals surface area contributed by atoms with Crippen LogP contribution in [-0.2, 0) is 47.0 Å². The molecule has 3 fully saturated rings. The molecule has 3 heterocycles. The molecule has 0 radical (unpaired) electrons. The normalized spacial score (nSPS) is 30.1. The number of ether oxygens (including phenoxy) is 2. The molecular weight excluding hydrogens is 697 g/mol. The van der Waals surface area contributed by atoms with Crippen molar-refractivity contribution in [1.82, 2.24) is 25.2 Å². The Hall–Kier alpha value is -4.21. The summed E-state index contributed by atoms with van der Waals surface area (Å²) < 4.78 is 53.6. The van der Waals surface area contributed by atoms with Gasteiger partial charge >= 0.3 is 12.2 Å². The average molecular weight is 746 g/mol. The van der Waals surface area contributed by atoms with E-state index in [0.29, 0.717) is 36.8 Å². The summed E-state index contributed by atoms with van der Waals surface area (Å²) in [5.74, 6) is -3.88. The number of amides is 5. The summed E-state index contributed by atoms with van der Waals surface area (Å²) in [6.45, 7) is 6.64. The lowest BCUT2D eigenvalue weighted by molar-refractivity contribution is -0.142. The number of allylic oxidation sites excluding steroid dienone is 1. The first-order valence-electron chi connectivity index (χ1n) is 18.1.